The molecular formula is C17H22ClN3O3S2. The Balaban J connectivity index is 0.00000243. The first kappa shape index (κ1) is 20.9. The lowest BCUT2D eigenvalue weighted by Crippen LogP contribution is -2.41. The predicted octanol–water partition coefficient (Wildman–Crippen LogP) is 2.12. The summed E-state index contributed by atoms with van der Waals surface area (Å²) in [7, 11) is -3.68. The number of amides is 1. The van der Waals surface area contributed by atoms with Crippen molar-refractivity contribution >= 4 is 39.7 Å². The highest BCUT2D eigenvalue weighted by Crippen LogP contribution is 2.32. The van der Waals surface area contributed by atoms with Gasteiger partial charge in [0.15, 0.2) is 0 Å². The van der Waals surface area contributed by atoms with E-state index in [4.69, 9.17) is 5.73 Å². The Kier molecular flexibility index (Phi) is 7.19. The van der Waals surface area contributed by atoms with Crippen molar-refractivity contribution in [3.63, 3.8) is 0 Å². The van der Waals surface area contributed by atoms with Crippen LogP contribution in [0.25, 0.3) is 0 Å². The van der Waals surface area contributed by atoms with Crippen LogP contribution < -0.4 is 15.8 Å². The Labute approximate surface area is 163 Å². The van der Waals surface area contributed by atoms with E-state index in [1.165, 1.54) is 23.5 Å². The van der Waals surface area contributed by atoms with E-state index < -0.39 is 10.0 Å². The molecule has 0 aliphatic heterocycles. The molecule has 1 aromatic heterocycles. The van der Waals surface area contributed by atoms with E-state index in [-0.39, 0.29) is 35.8 Å². The smallest absolute Gasteiger partial charge is 0.251 e. The minimum atomic E-state index is -3.68. The second-order valence-corrected chi connectivity index (χ2v) is 8.88. The van der Waals surface area contributed by atoms with Gasteiger partial charge in [0, 0.05) is 29.6 Å². The van der Waals surface area contributed by atoms with Gasteiger partial charge in [-0.05, 0) is 48.4 Å². The van der Waals surface area contributed by atoms with E-state index in [0.717, 1.165) is 17.7 Å². The van der Waals surface area contributed by atoms with Gasteiger partial charge in [-0.3, -0.25) is 4.79 Å². The Morgan fingerprint density at radius 3 is 2.65 bits per heavy atom. The molecule has 1 fully saturated rings. The van der Waals surface area contributed by atoms with Crippen LogP contribution in [0, 0.1) is 5.92 Å². The van der Waals surface area contributed by atoms with Gasteiger partial charge in [0.1, 0.15) is 0 Å². The van der Waals surface area contributed by atoms with Crippen LogP contribution >= 0.6 is 23.7 Å². The highest BCUT2D eigenvalue weighted by molar-refractivity contribution is 7.89. The van der Waals surface area contributed by atoms with E-state index in [1.54, 1.807) is 12.1 Å². The van der Waals surface area contributed by atoms with E-state index in [1.807, 2.05) is 17.5 Å². The molecule has 1 atom stereocenters. The lowest BCUT2D eigenvalue weighted by atomic mass is 10.1. The highest BCUT2D eigenvalue weighted by atomic mass is 35.5. The van der Waals surface area contributed by atoms with Gasteiger partial charge in [-0.25, -0.2) is 13.1 Å². The van der Waals surface area contributed by atoms with Gasteiger partial charge in [-0.1, -0.05) is 12.1 Å². The predicted molar refractivity (Wildman–Crippen MR) is 105 cm³/mol. The summed E-state index contributed by atoms with van der Waals surface area (Å²) in [4.78, 5) is 13.4. The molecule has 6 nitrogen and oxygen atoms in total. The molecule has 0 radical (unpaired) electrons. The van der Waals surface area contributed by atoms with Crippen LogP contribution in [0.4, 0.5) is 0 Å². The van der Waals surface area contributed by atoms with Crippen molar-refractivity contribution in [2.24, 2.45) is 11.7 Å². The third kappa shape index (κ3) is 5.28. The van der Waals surface area contributed by atoms with Crippen LogP contribution in [0.5, 0.6) is 0 Å². The van der Waals surface area contributed by atoms with E-state index in [0.29, 0.717) is 18.0 Å². The maximum atomic E-state index is 12.4. The summed E-state index contributed by atoms with van der Waals surface area (Å²) in [6, 6.07) is 9.73. The second-order valence-electron chi connectivity index (χ2n) is 6.08. The molecule has 9 heteroatoms. The SMILES string of the molecule is Cl.NCC(NC(=O)c1cccc(S(=O)(=O)NCc2cccs2)c1)C1CC1. The van der Waals surface area contributed by atoms with Crippen molar-refractivity contribution in [3.05, 3.63) is 52.2 Å². The summed E-state index contributed by atoms with van der Waals surface area (Å²) in [6.45, 7) is 0.615. The zero-order valence-corrected chi connectivity index (χ0v) is 16.5. The first-order valence-corrected chi connectivity index (χ1v) is 10.5. The van der Waals surface area contributed by atoms with Crippen LogP contribution in [-0.4, -0.2) is 26.9 Å². The minimum Gasteiger partial charge on any atom is -0.348 e. The molecule has 1 heterocycles. The topological polar surface area (TPSA) is 101 Å². The molecule has 142 valence electrons. The third-order valence-electron chi connectivity index (χ3n) is 4.18. The van der Waals surface area contributed by atoms with Crippen molar-refractivity contribution in [2.45, 2.75) is 30.3 Å². The number of nitrogens with two attached hydrogens (primary N) is 1. The van der Waals surface area contributed by atoms with Gasteiger partial charge in [-0.15, -0.1) is 23.7 Å². The molecule has 1 aliphatic rings. The van der Waals surface area contributed by atoms with Gasteiger partial charge in [-0.2, -0.15) is 0 Å². The number of nitrogens with one attached hydrogen (secondary N) is 2. The fourth-order valence-electron chi connectivity index (χ4n) is 2.59. The Hall–Kier alpha value is -1.45. The van der Waals surface area contributed by atoms with E-state index >= 15 is 0 Å². The van der Waals surface area contributed by atoms with Gasteiger partial charge in [0.2, 0.25) is 10.0 Å². The number of carbonyl (C=O) groups is 1. The number of sulfonamides is 1. The van der Waals surface area contributed by atoms with Gasteiger partial charge in [0.05, 0.1) is 4.90 Å². The lowest BCUT2D eigenvalue weighted by Gasteiger charge is -2.16. The van der Waals surface area contributed by atoms with Crippen LogP contribution in [0.3, 0.4) is 0 Å². The summed E-state index contributed by atoms with van der Waals surface area (Å²) < 4.78 is 27.4. The molecular weight excluding hydrogens is 394 g/mol. The molecule has 1 aliphatic carbocycles. The Morgan fingerprint density at radius 2 is 2.04 bits per heavy atom. The van der Waals surface area contributed by atoms with Gasteiger partial charge >= 0.3 is 0 Å². The molecule has 26 heavy (non-hydrogen) atoms. The molecule has 2 aromatic rings. The minimum absolute atomic E-state index is 0. The van der Waals surface area contributed by atoms with Crippen LogP contribution in [0.15, 0.2) is 46.7 Å². The second kappa shape index (κ2) is 8.96. The zero-order valence-electron chi connectivity index (χ0n) is 14.1. The summed E-state index contributed by atoms with van der Waals surface area (Å²) in [5, 5.41) is 4.79. The molecule has 4 N–H and O–H groups in total. The molecule has 1 unspecified atom stereocenters. The van der Waals surface area contributed by atoms with Crippen LogP contribution in [0.2, 0.25) is 0 Å². The molecule has 0 bridgehead atoms. The molecule has 1 aromatic carbocycles. The maximum Gasteiger partial charge on any atom is 0.251 e. The fourth-order valence-corrected chi connectivity index (χ4v) is 4.37. The normalized spacial score (nSPS) is 15.1. The molecule has 1 saturated carbocycles. The number of hydrogen-bond donors (Lipinski definition) is 3. The molecule has 1 amide bonds. The van der Waals surface area contributed by atoms with Crippen molar-refractivity contribution < 1.29 is 13.2 Å². The molecule has 0 saturated heterocycles. The number of thiophene rings is 1. The number of rotatable bonds is 8. The quantitative estimate of drug-likeness (QED) is 0.614. The van der Waals surface area contributed by atoms with Crippen molar-refractivity contribution in [1.29, 1.82) is 0 Å². The summed E-state index contributed by atoms with van der Waals surface area (Å²) in [6.07, 6.45) is 2.15. The first-order chi connectivity index (χ1) is 12.0. The summed E-state index contributed by atoms with van der Waals surface area (Å²) in [5.41, 5.74) is 6.02. The van der Waals surface area contributed by atoms with Crippen molar-refractivity contribution in [1.82, 2.24) is 10.0 Å². The zero-order chi connectivity index (χ0) is 17.9. The van der Waals surface area contributed by atoms with Crippen LogP contribution in [0.1, 0.15) is 28.1 Å². The summed E-state index contributed by atoms with van der Waals surface area (Å²) in [5.74, 6) is 0.144. The van der Waals surface area contributed by atoms with Gasteiger partial charge < -0.3 is 11.1 Å². The Morgan fingerprint density at radius 1 is 1.27 bits per heavy atom. The number of carbonyl (C=O) groups excluding carboxylic acids is 1. The monoisotopic (exact) mass is 415 g/mol. The van der Waals surface area contributed by atoms with Crippen LogP contribution in [-0.2, 0) is 16.6 Å². The number of benzene rings is 1. The maximum absolute atomic E-state index is 12.4. The average molecular weight is 416 g/mol. The Bertz CT molecular complexity index is 837. The lowest BCUT2D eigenvalue weighted by molar-refractivity contribution is 0.0933. The number of halogens is 1. The molecule has 3 rings (SSSR count). The third-order valence-corrected chi connectivity index (χ3v) is 6.46. The summed E-state index contributed by atoms with van der Waals surface area (Å²) >= 11 is 1.48. The van der Waals surface area contributed by atoms with Crippen molar-refractivity contribution in [2.75, 3.05) is 6.54 Å². The van der Waals surface area contributed by atoms with E-state index in [9.17, 15) is 13.2 Å². The highest BCUT2D eigenvalue weighted by Gasteiger charge is 2.31. The fraction of sp³-hybridized carbons (Fsp3) is 0.353. The molecule has 0 spiro atoms. The first-order valence-electron chi connectivity index (χ1n) is 8.12. The van der Waals surface area contributed by atoms with E-state index in [2.05, 4.69) is 10.0 Å². The standard InChI is InChI=1S/C17H21N3O3S2.ClH/c18-10-16(12-6-7-12)20-17(21)13-3-1-5-15(9-13)25(22,23)19-11-14-4-2-8-24-14;/h1-5,8-9,12,16,19H,6-7,10-11,18H2,(H,20,21);1H. The largest absolute Gasteiger partial charge is 0.348 e. The van der Waals surface area contributed by atoms with Crippen molar-refractivity contribution in [3.8, 4) is 0 Å². The van der Waals surface area contributed by atoms with Gasteiger partial charge in [0.25, 0.3) is 5.91 Å². The number of hydrogen-bond acceptors (Lipinski definition) is 5. The average Bonchev–Trinajstić information content (AvgIpc) is 3.32.